The maximum atomic E-state index is 12.8. The lowest BCUT2D eigenvalue weighted by atomic mass is 9.91. The highest BCUT2D eigenvalue weighted by atomic mass is 32.2. The molecule has 0 spiro atoms. The summed E-state index contributed by atoms with van der Waals surface area (Å²) in [7, 11) is -3.38. The number of nitrogens with one attached hydrogen (secondary N) is 1. The molecule has 2 atom stereocenters. The van der Waals surface area contributed by atoms with E-state index >= 15 is 0 Å². The molecule has 23 heavy (non-hydrogen) atoms. The van der Waals surface area contributed by atoms with Gasteiger partial charge < -0.3 is 10.2 Å². The average molecular weight is 336 g/mol. The number of aryl methyl sites for hydroxylation is 1. The summed E-state index contributed by atoms with van der Waals surface area (Å²) in [6.45, 7) is 2.78. The summed E-state index contributed by atoms with van der Waals surface area (Å²) in [5.41, 5.74) is 0.981. The van der Waals surface area contributed by atoms with Gasteiger partial charge in [-0.1, -0.05) is 6.07 Å². The molecule has 2 saturated heterocycles. The molecule has 2 amide bonds. The van der Waals surface area contributed by atoms with Crippen LogP contribution in [0.5, 0.6) is 0 Å². The van der Waals surface area contributed by atoms with E-state index in [1.54, 1.807) is 24.0 Å². The van der Waals surface area contributed by atoms with Crippen LogP contribution in [0.2, 0.25) is 0 Å². The van der Waals surface area contributed by atoms with Crippen LogP contribution in [0.1, 0.15) is 28.8 Å². The van der Waals surface area contributed by atoms with E-state index in [1.165, 1.54) is 6.07 Å². The fourth-order valence-electron chi connectivity index (χ4n) is 3.50. The van der Waals surface area contributed by atoms with E-state index in [2.05, 4.69) is 5.32 Å². The smallest absolute Gasteiger partial charge is 0.254 e. The lowest BCUT2D eigenvalue weighted by Gasteiger charge is -2.36. The molecule has 6 nitrogen and oxygen atoms in total. The van der Waals surface area contributed by atoms with Gasteiger partial charge in [0.15, 0.2) is 9.84 Å². The van der Waals surface area contributed by atoms with E-state index in [1.807, 2.05) is 0 Å². The molecule has 0 bridgehead atoms. The molecular weight excluding hydrogens is 316 g/mol. The summed E-state index contributed by atoms with van der Waals surface area (Å²) in [5, 5.41) is 2.81. The summed E-state index contributed by atoms with van der Waals surface area (Å²) in [6.07, 6.45) is 2.72. The predicted molar refractivity (Wildman–Crippen MR) is 84.8 cm³/mol. The first-order valence-corrected chi connectivity index (χ1v) is 9.57. The van der Waals surface area contributed by atoms with Crippen molar-refractivity contribution >= 4 is 21.7 Å². The van der Waals surface area contributed by atoms with Gasteiger partial charge in [-0.15, -0.1) is 0 Å². The number of carbonyl (C=O) groups is 2. The topological polar surface area (TPSA) is 83.6 Å². The van der Waals surface area contributed by atoms with Crippen molar-refractivity contribution in [2.45, 2.75) is 30.7 Å². The third-order valence-corrected chi connectivity index (χ3v) is 5.94. The highest BCUT2D eigenvalue weighted by Gasteiger charge is 2.42. The van der Waals surface area contributed by atoms with Gasteiger partial charge >= 0.3 is 0 Å². The standard InChI is InChI=1S/C16H20N2O4S/c1-10-5-6-11(8-14(10)23(2,21)22)16(20)18-7-3-4-12-13(18)9-17-15(12)19/h5-6,8,12-13H,3-4,7,9H2,1-2H3,(H,17,19)/t12-,13+/m0/s1. The van der Waals surface area contributed by atoms with Crippen molar-refractivity contribution in [3.63, 3.8) is 0 Å². The van der Waals surface area contributed by atoms with E-state index < -0.39 is 9.84 Å². The second kappa shape index (κ2) is 5.63. The van der Waals surface area contributed by atoms with Crippen LogP contribution in [0.3, 0.4) is 0 Å². The van der Waals surface area contributed by atoms with Crippen LogP contribution in [0.15, 0.2) is 23.1 Å². The molecule has 1 N–H and O–H groups in total. The van der Waals surface area contributed by atoms with Crippen LogP contribution < -0.4 is 5.32 Å². The van der Waals surface area contributed by atoms with E-state index in [-0.39, 0.29) is 28.7 Å². The van der Waals surface area contributed by atoms with Gasteiger partial charge in [0.25, 0.3) is 5.91 Å². The molecule has 2 heterocycles. The highest BCUT2D eigenvalue weighted by Crippen LogP contribution is 2.29. The second-order valence-corrected chi connectivity index (χ2v) is 8.30. The number of carbonyl (C=O) groups excluding carboxylic acids is 2. The molecule has 1 aromatic carbocycles. The van der Waals surface area contributed by atoms with Gasteiger partial charge in [-0.25, -0.2) is 8.42 Å². The van der Waals surface area contributed by atoms with Gasteiger partial charge in [0, 0.05) is 24.9 Å². The van der Waals surface area contributed by atoms with Gasteiger partial charge in [0.2, 0.25) is 5.91 Å². The Hall–Kier alpha value is -1.89. The van der Waals surface area contributed by atoms with Crippen LogP contribution in [0, 0.1) is 12.8 Å². The Labute approximate surface area is 135 Å². The van der Waals surface area contributed by atoms with Crippen LogP contribution in [-0.4, -0.2) is 50.5 Å². The number of benzene rings is 1. The molecule has 7 heteroatoms. The average Bonchev–Trinajstić information content (AvgIpc) is 2.87. The van der Waals surface area contributed by atoms with Crippen LogP contribution in [0.4, 0.5) is 0 Å². The lowest BCUT2D eigenvalue weighted by molar-refractivity contribution is -0.123. The Morgan fingerprint density at radius 1 is 1.35 bits per heavy atom. The number of amides is 2. The molecule has 0 aromatic heterocycles. The minimum atomic E-state index is -3.38. The first kappa shape index (κ1) is 16.0. The van der Waals surface area contributed by atoms with Gasteiger partial charge in [-0.2, -0.15) is 0 Å². The summed E-state index contributed by atoms with van der Waals surface area (Å²) < 4.78 is 23.7. The summed E-state index contributed by atoms with van der Waals surface area (Å²) >= 11 is 0. The number of likely N-dealkylation sites (tertiary alicyclic amines) is 1. The maximum absolute atomic E-state index is 12.8. The Morgan fingerprint density at radius 2 is 2.09 bits per heavy atom. The van der Waals surface area contributed by atoms with E-state index in [0.29, 0.717) is 24.2 Å². The van der Waals surface area contributed by atoms with Crippen molar-refractivity contribution in [2.24, 2.45) is 5.92 Å². The summed E-state index contributed by atoms with van der Waals surface area (Å²) in [6, 6.07) is 4.62. The van der Waals surface area contributed by atoms with E-state index in [0.717, 1.165) is 19.1 Å². The van der Waals surface area contributed by atoms with Crippen molar-refractivity contribution < 1.29 is 18.0 Å². The molecule has 3 rings (SSSR count). The molecular formula is C16H20N2O4S. The fraction of sp³-hybridized carbons (Fsp3) is 0.500. The quantitative estimate of drug-likeness (QED) is 0.864. The Morgan fingerprint density at radius 3 is 2.78 bits per heavy atom. The van der Waals surface area contributed by atoms with E-state index in [9.17, 15) is 18.0 Å². The van der Waals surface area contributed by atoms with Crippen molar-refractivity contribution in [3.8, 4) is 0 Å². The fourth-order valence-corrected chi connectivity index (χ4v) is 4.50. The molecule has 1 aromatic rings. The zero-order chi connectivity index (χ0) is 16.8. The molecule has 2 aliphatic heterocycles. The molecule has 0 aliphatic carbocycles. The number of rotatable bonds is 2. The zero-order valence-electron chi connectivity index (χ0n) is 13.2. The predicted octanol–water partition coefficient (Wildman–Crippen LogP) is 0.749. The zero-order valence-corrected chi connectivity index (χ0v) is 14.0. The monoisotopic (exact) mass is 336 g/mol. The van der Waals surface area contributed by atoms with Crippen molar-refractivity contribution in [1.29, 1.82) is 0 Å². The second-order valence-electron chi connectivity index (χ2n) is 6.31. The molecule has 0 radical (unpaired) electrons. The lowest BCUT2D eigenvalue weighted by Crippen LogP contribution is -2.48. The minimum Gasteiger partial charge on any atom is -0.354 e. The van der Waals surface area contributed by atoms with E-state index in [4.69, 9.17) is 0 Å². The number of fused-ring (bicyclic) bond motifs is 1. The summed E-state index contributed by atoms with van der Waals surface area (Å²) in [5.74, 6) is -0.346. The first-order chi connectivity index (χ1) is 10.8. The van der Waals surface area contributed by atoms with Gasteiger partial charge in [-0.05, 0) is 37.5 Å². The highest BCUT2D eigenvalue weighted by molar-refractivity contribution is 7.90. The third-order valence-electron chi connectivity index (χ3n) is 4.70. The number of hydrogen-bond acceptors (Lipinski definition) is 4. The number of piperidine rings is 1. The van der Waals surface area contributed by atoms with Crippen molar-refractivity contribution in [3.05, 3.63) is 29.3 Å². The molecule has 124 valence electrons. The minimum absolute atomic E-state index is 0.00762. The van der Waals surface area contributed by atoms with Crippen LogP contribution in [0.25, 0.3) is 0 Å². The summed E-state index contributed by atoms with van der Waals surface area (Å²) in [4.78, 5) is 26.5. The SMILES string of the molecule is Cc1ccc(C(=O)N2CCC[C@@H]3C(=O)NC[C@H]32)cc1S(C)(=O)=O. The third kappa shape index (κ3) is 2.85. The van der Waals surface area contributed by atoms with Gasteiger partial charge in [0.05, 0.1) is 16.9 Å². The Kier molecular flexibility index (Phi) is 3.91. The van der Waals surface area contributed by atoms with Gasteiger partial charge in [0.1, 0.15) is 0 Å². The Balaban J connectivity index is 1.93. The number of sulfone groups is 1. The number of hydrogen-bond donors (Lipinski definition) is 1. The van der Waals surface area contributed by atoms with Gasteiger partial charge in [-0.3, -0.25) is 9.59 Å². The largest absolute Gasteiger partial charge is 0.354 e. The number of nitrogens with zero attached hydrogens (tertiary/aromatic N) is 1. The van der Waals surface area contributed by atoms with Crippen LogP contribution in [-0.2, 0) is 14.6 Å². The first-order valence-electron chi connectivity index (χ1n) is 7.68. The van der Waals surface area contributed by atoms with Crippen molar-refractivity contribution in [1.82, 2.24) is 10.2 Å². The maximum Gasteiger partial charge on any atom is 0.254 e. The normalized spacial score (nSPS) is 24.3. The molecule has 2 aliphatic rings. The Bertz CT molecular complexity index is 772. The molecule has 0 unspecified atom stereocenters. The van der Waals surface area contributed by atoms with Crippen LogP contribution >= 0.6 is 0 Å². The van der Waals surface area contributed by atoms with Crippen molar-refractivity contribution in [2.75, 3.05) is 19.3 Å². The molecule has 0 saturated carbocycles. The molecule has 2 fully saturated rings.